The number of rotatable bonds is 2. The first kappa shape index (κ1) is 15.3. The van der Waals surface area contributed by atoms with Gasteiger partial charge in [0.05, 0.1) is 29.7 Å². The van der Waals surface area contributed by atoms with Crippen LogP contribution < -0.4 is 10.6 Å². The van der Waals surface area contributed by atoms with Gasteiger partial charge in [0, 0.05) is 4.47 Å². The summed E-state index contributed by atoms with van der Waals surface area (Å²) >= 11 is 3.45. The Morgan fingerprint density at radius 1 is 1.40 bits per heavy atom. The molecule has 0 saturated heterocycles. The number of halogens is 1. The molecule has 2 atom stereocenters. The number of aliphatic hydroxyl groups excluding tert-OH is 1. The maximum atomic E-state index is 12.0. The highest BCUT2D eigenvalue weighted by molar-refractivity contribution is 9.10. The molecule has 0 unspecified atom stereocenters. The molecule has 2 amide bonds. The fourth-order valence-corrected chi connectivity index (χ4v) is 2.75. The predicted molar refractivity (Wildman–Crippen MR) is 81.8 cm³/mol. The second kappa shape index (κ2) is 6.54. The maximum Gasteiger partial charge on any atom is 0.319 e. The van der Waals surface area contributed by atoms with Crippen LogP contribution in [0, 0.1) is 13.8 Å². The molecule has 1 aliphatic carbocycles. The van der Waals surface area contributed by atoms with Gasteiger partial charge in [0.1, 0.15) is 0 Å². The molecular weight excluding hydrogens is 322 g/mol. The Morgan fingerprint density at radius 2 is 2.10 bits per heavy atom. The average molecular weight is 342 g/mol. The van der Waals surface area contributed by atoms with E-state index in [0.717, 1.165) is 41.4 Å². The summed E-state index contributed by atoms with van der Waals surface area (Å²) < 4.78 is 0.896. The van der Waals surface area contributed by atoms with Gasteiger partial charge in [-0.15, -0.1) is 0 Å². The van der Waals surface area contributed by atoms with E-state index in [4.69, 9.17) is 0 Å². The minimum atomic E-state index is -0.446. The zero-order valence-corrected chi connectivity index (χ0v) is 13.3. The van der Waals surface area contributed by atoms with Gasteiger partial charge in [-0.25, -0.2) is 4.79 Å². The van der Waals surface area contributed by atoms with E-state index in [1.165, 1.54) is 0 Å². The number of aliphatic hydroxyl groups is 1. The number of nitrogens with zero attached hydrogens (tertiary/aromatic N) is 1. The molecule has 0 bridgehead atoms. The minimum Gasteiger partial charge on any atom is -0.391 e. The molecule has 1 aromatic heterocycles. The van der Waals surface area contributed by atoms with E-state index in [2.05, 4.69) is 31.5 Å². The second-order valence-corrected chi connectivity index (χ2v) is 6.05. The van der Waals surface area contributed by atoms with Crippen molar-refractivity contribution in [3.05, 3.63) is 21.9 Å². The van der Waals surface area contributed by atoms with Crippen molar-refractivity contribution >= 4 is 27.6 Å². The number of aryl methyl sites for hydroxylation is 1. The van der Waals surface area contributed by atoms with Crippen LogP contribution in [0.3, 0.4) is 0 Å². The molecule has 1 fully saturated rings. The molecule has 110 valence electrons. The Labute approximate surface area is 127 Å². The first-order chi connectivity index (χ1) is 9.49. The smallest absolute Gasteiger partial charge is 0.319 e. The molecule has 3 N–H and O–H groups in total. The van der Waals surface area contributed by atoms with E-state index in [1.807, 2.05) is 13.8 Å². The molecule has 1 heterocycles. The summed E-state index contributed by atoms with van der Waals surface area (Å²) in [6.07, 6.45) is 4.84. The number of amides is 2. The highest BCUT2D eigenvalue weighted by Crippen LogP contribution is 2.25. The lowest BCUT2D eigenvalue weighted by atomic mass is 9.93. The van der Waals surface area contributed by atoms with Crippen LogP contribution in [-0.4, -0.2) is 28.3 Å². The van der Waals surface area contributed by atoms with Gasteiger partial charge in [-0.1, -0.05) is 12.8 Å². The van der Waals surface area contributed by atoms with Crippen LogP contribution in [0.4, 0.5) is 10.5 Å². The van der Waals surface area contributed by atoms with E-state index in [0.29, 0.717) is 5.69 Å². The van der Waals surface area contributed by atoms with Gasteiger partial charge < -0.3 is 15.7 Å². The normalized spacial score (nSPS) is 22.4. The number of urea groups is 1. The van der Waals surface area contributed by atoms with Crippen molar-refractivity contribution < 1.29 is 9.90 Å². The molecule has 2 rings (SSSR count). The SMILES string of the molecule is Cc1ncc(NC(=O)N[C@@H]2CCCC[C@H]2O)c(C)c1Br. The molecule has 1 saturated carbocycles. The van der Waals surface area contributed by atoms with Crippen molar-refractivity contribution in [3.8, 4) is 0 Å². The molecular formula is C14H20BrN3O2. The van der Waals surface area contributed by atoms with Crippen LogP contribution in [0.1, 0.15) is 36.9 Å². The zero-order valence-electron chi connectivity index (χ0n) is 11.7. The summed E-state index contributed by atoms with van der Waals surface area (Å²) in [4.78, 5) is 16.2. The Kier molecular flexibility index (Phi) is 4.99. The lowest BCUT2D eigenvalue weighted by molar-refractivity contribution is 0.0955. The largest absolute Gasteiger partial charge is 0.391 e. The summed E-state index contributed by atoms with van der Waals surface area (Å²) in [5, 5.41) is 15.5. The maximum absolute atomic E-state index is 12.0. The third kappa shape index (κ3) is 3.49. The fraction of sp³-hybridized carbons (Fsp3) is 0.571. The van der Waals surface area contributed by atoms with Crippen LogP contribution >= 0.6 is 15.9 Å². The summed E-state index contributed by atoms with van der Waals surface area (Å²) in [5.74, 6) is 0. The van der Waals surface area contributed by atoms with Gasteiger partial charge in [-0.3, -0.25) is 4.98 Å². The van der Waals surface area contributed by atoms with Gasteiger partial charge in [0.25, 0.3) is 0 Å². The van der Waals surface area contributed by atoms with Gasteiger partial charge in [-0.2, -0.15) is 0 Å². The number of anilines is 1. The van der Waals surface area contributed by atoms with Gasteiger partial charge >= 0.3 is 6.03 Å². The Hall–Kier alpha value is -1.14. The lowest BCUT2D eigenvalue weighted by Crippen LogP contribution is -2.46. The summed E-state index contributed by atoms with van der Waals surface area (Å²) in [6, 6.07) is -0.456. The zero-order chi connectivity index (χ0) is 14.7. The third-order valence-electron chi connectivity index (χ3n) is 3.73. The molecule has 0 aliphatic heterocycles. The van der Waals surface area contributed by atoms with Crippen LogP contribution in [0.25, 0.3) is 0 Å². The topological polar surface area (TPSA) is 74.2 Å². The van der Waals surface area contributed by atoms with E-state index in [9.17, 15) is 9.90 Å². The van der Waals surface area contributed by atoms with Crippen LogP contribution in [0.2, 0.25) is 0 Å². The van der Waals surface area contributed by atoms with Crippen molar-refractivity contribution in [2.45, 2.75) is 51.7 Å². The van der Waals surface area contributed by atoms with Crippen LogP contribution in [0.5, 0.6) is 0 Å². The quantitative estimate of drug-likeness (QED) is 0.774. The molecule has 1 aromatic rings. The molecule has 0 spiro atoms. The summed E-state index contributed by atoms with van der Waals surface area (Å²) in [6.45, 7) is 3.82. The number of hydrogen-bond acceptors (Lipinski definition) is 3. The fourth-order valence-electron chi connectivity index (χ4n) is 2.44. The van der Waals surface area contributed by atoms with Crippen molar-refractivity contribution in [1.29, 1.82) is 0 Å². The standard InChI is InChI=1S/C14H20BrN3O2/c1-8-11(7-16-9(2)13(8)15)18-14(20)17-10-5-3-4-6-12(10)19/h7,10,12,19H,3-6H2,1-2H3,(H2,17,18,20)/t10-,12-/m1/s1. The van der Waals surface area contributed by atoms with E-state index < -0.39 is 6.10 Å². The van der Waals surface area contributed by atoms with E-state index in [1.54, 1.807) is 6.20 Å². The van der Waals surface area contributed by atoms with Gasteiger partial charge in [0.15, 0.2) is 0 Å². The molecule has 0 aromatic carbocycles. The molecule has 20 heavy (non-hydrogen) atoms. The minimum absolute atomic E-state index is 0.161. The first-order valence-corrected chi connectivity index (χ1v) is 7.65. The van der Waals surface area contributed by atoms with Crippen LogP contribution in [-0.2, 0) is 0 Å². The number of carbonyl (C=O) groups excluding carboxylic acids is 1. The molecule has 5 nitrogen and oxygen atoms in total. The lowest BCUT2D eigenvalue weighted by Gasteiger charge is -2.28. The Morgan fingerprint density at radius 3 is 2.80 bits per heavy atom. The Balaban J connectivity index is 1.99. The Bertz CT molecular complexity index is 507. The van der Waals surface area contributed by atoms with Crippen molar-refractivity contribution in [3.63, 3.8) is 0 Å². The van der Waals surface area contributed by atoms with Gasteiger partial charge in [-0.05, 0) is 48.2 Å². The highest BCUT2D eigenvalue weighted by atomic mass is 79.9. The van der Waals surface area contributed by atoms with Gasteiger partial charge in [0.2, 0.25) is 0 Å². The molecule has 0 radical (unpaired) electrons. The number of hydrogen-bond donors (Lipinski definition) is 3. The van der Waals surface area contributed by atoms with Crippen molar-refractivity contribution in [2.75, 3.05) is 5.32 Å². The monoisotopic (exact) mass is 341 g/mol. The summed E-state index contributed by atoms with van der Waals surface area (Å²) in [7, 11) is 0. The molecule has 1 aliphatic rings. The number of carbonyl (C=O) groups is 1. The van der Waals surface area contributed by atoms with Crippen molar-refractivity contribution in [1.82, 2.24) is 10.3 Å². The summed E-state index contributed by atoms with van der Waals surface area (Å²) in [5.41, 5.74) is 2.50. The highest BCUT2D eigenvalue weighted by Gasteiger charge is 2.24. The average Bonchev–Trinajstić information content (AvgIpc) is 2.42. The third-order valence-corrected chi connectivity index (χ3v) is 4.90. The van der Waals surface area contributed by atoms with Crippen molar-refractivity contribution in [2.24, 2.45) is 0 Å². The predicted octanol–water partition coefficient (Wildman–Crippen LogP) is 2.89. The number of aromatic nitrogens is 1. The second-order valence-electron chi connectivity index (χ2n) is 5.25. The molecule has 6 heteroatoms. The van der Waals surface area contributed by atoms with E-state index >= 15 is 0 Å². The number of nitrogens with one attached hydrogen (secondary N) is 2. The number of pyridine rings is 1. The first-order valence-electron chi connectivity index (χ1n) is 6.86. The van der Waals surface area contributed by atoms with Crippen LogP contribution in [0.15, 0.2) is 10.7 Å². The van der Waals surface area contributed by atoms with E-state index in [-0.39, 0.29) is 12.1 Å².